The van der Waals surface area contributed by atoms with Crippen LogP contribution in [0.4, 0.5) is 0 Å². The van der Waals surface area contributed by atoms with E-state index in [0.29, 0.717) is 11.4 Å². The van der Waals surface area contributed by atoms with Crippen molar-refractivity contribution in [3.05, 3.63) is 45.9 Å². The van der Waals surface area contributed by atoms with E-state index in [2.05, 4.69) is 15.5 Å². The molecule has 2 amide bonds. The Hall–Kier alpha value is -3.09. The first-order valence-electron chi connectivity index (χ1n) is 8.69. The first-order valence-corrected chi connectivity index (χ1v) is 9.10. The zero-order valence-corrected chi connectivity index (χ0v) is 16.9. The summed E-state index contributed by atoms with van der Waals surface area (Å²) in [6, 6.07) is 7.26. The molecular weight excluding hydrogens is 400 g/mol. The summed E-state index contributed by atoms with van der Waals surface area (Å²) in [6.45, 7) is 2.02. The van der Waals surface area contributed by atoms with Crippen LogP contribution in [0.5, 0.6) is 0 Å². The Balaban J connectivity index is 1.78. The van der Waals surface area contributed by atoms with Crippen molar-refractivity contribution in [2.45, 2.75) is 13.5 Å². The fraction of sp³-hybridized carbons (Fsp3) is 0.353. The number of tetrazole rings is 1. The fourth-order valence-electron chi connectivity index (χ4n) is 2.57. The van der Waals surface area contributed by atoms with Crippen LogP contribution in [0.1, 0.15) is 12.5 Å². The zero-order chi connectivity index (χ0) is 21.0. The van der Waals surface area contributed by atoms with Gasteiger partial charge in [0.2, 0.25) is 4.77 Å². The maximum absolute atomic E-state index is 12.4. The number of nitrogens with one attached hydrogen (secondary N) is 1. The second-order valence-corrected chi connectivity index (χ2v) is 6.36. The van der Waals surface area contributed by atoms with Crippen LogP contribution in [0.15, 0.2) is 35.6 Å². The molecule has 11 nitrogen and oxygen atoms in total. The highest BCUT2D eigenvalue weighted by atomic mass is 32.1. The number of hydrogen-bond acceptors (Lipinski definition) is 8. The van der Waals surface area contributed by atoms with Gasteiger partial charge in [-0.05, 0) is 36.8 Å². The fourth-order valence-corrected chi connectivity index (χ4v) is 2.75. The Morgan fingerprint density at radius 3 is 2.31 bits per heavy atom. The van der Waals surface area contributed by atoms with Crippen LogP contribution in [0.3, 0.4) is 0 Å². The molecule has 1 aliphatic rings. The van der Waals surface area contributed by atoms with Gasteiger partial charge in [0.15, 0.2) is 0 Å². The van der Waals surface area contributed by atoms with E-state index in [4.69, 9.17) is 26.7 Å². The number of likely N-dealkylation sites (N-methyl/N-ethyl adjacent to an activating group) is 2. The Kier molecular flexibility index (Phi) is 6.36. The molecule has 0 atom stereocenters. The van der Waals surface area contributed by atoms with Crippen LogP contribution in [0, 0.1) is 4.77 Å². The number of aromatic amines is 1. The number of hydrazine groups is 1. The van der Waals surface area contributed by atoms with Gasteiger partial charge in [0, 0.05) is 14.1 Å². The molecule has 0 unspecified atom stereocenters. The maximum atomic E-state index is 12.4. The van der Waals surface area contributed by atoms with Gasteiger partial charge in [0.05, 0.1) is 12.3 Å². The summed E-state index contributed by atoms with van der Waals surface area (Å²) in [6.07, 6.45) is 0. The van der Waals surface area contributed by atoms with E-state index < -0.39 is 11.8 Å². The molecule has 1 fully saturated rings. The molecule has 1 aromatic carbocycles. The molecule has 1 aromatic heterocycles. The Bertz CT molecular complexity index is 961. The predicted molar refractivity (Wildman–Crippen MR) is 101 cm³/mol. The molecule has 0 spiro atoms. The third-order valence-electron chi connectivity index (χ3n) is 4.21. The van der Waals surface area contributed by atoms with Crippen molar-refractivity contribution in [2.24, 2.45) is 0 Å². The molecule has 0 saturated carbocycles. The lowest BCUT2D eigenvalue weighted by Crippen LogP contribution is -2.33. The van der Waals surface area contributed by atoms with Crippen molar-refractivity contribution in [2.75, 3.05) is 27.3 Å². The van der Waals surface area contributed by atoms with Gasteiger partial charge in [-0.3, -0.25) is 19.6 Å². The summed E-state index contributed by atoms with van der Waals surface area (Å²) in [5.41, 5.74) is 1.48. The second kappa shape index (κ2) is 8.94. The number of rotatable bonds is 8. The second-order valence-electron chi connectivity index (χ2n) is 6.00. The molecule has 1 aliphatic heterocycles. The average Bonchev–Trinajstić information content (AvgIpc) is 3.23. The smallest absolute Gasteiger partial charge is 0.281 e. The van der Waals surface area contributed by atoms with Gasteiger partial charge in [0.1, 0.15) is 24.5 Å². The Morgan fingerprint density at radius 2 is 1.76 bits per heavy atom. The van der Waals surface area contributed by atoms with Crippen LogP contribution in [-0.4, -0.2) is 69.3 Å². The van der Waals surface area contributed by atoms with E-state index in [1.54, 1.807) is 11.6 Å². The molecule has 0 radical (unpaired) electrons. The molecular formula is C17H20N6O5S. The van der Waals surface area contributed by atoms with Gasteiger partial charge < -0.3 is 4.74 Å². The summed E-state index contributed by atoms with van der Waals surface area (Å²) in [5.74, 6) is -0.832. The molecule has 29 heavy (non-hydrogen) atoms. The van der Waals surface area contributed by atoms with Crippen molar-refractivity contribution < 1.29 is 24.1 Å². The quantitative estimate of drug-likeness (QED) is 0.127. The average molecular weight is 420 g/mol. The summed E-state index contributed by atoms with van der Waals surface area (Å²) >= 11 is 5.07. The van der Waals surface area contributed by atoms with Crippen molar-refractivity contribution in [1.29, 1.82) is 0 Å². The van der Waals surface area contributed by atoms with Gasteiger partial charge in [-0.2, -0.15) is 5.21 Å². The molecule has 1 saturated heterocycles. The number of hydrogen-bond donors (Lipinski definition) is 1. The lowest BCUT2D eigenvalue weighted by Gasteiger charge is -2.16. The minimum atomic E-state index is -0.468. The number of nitrogens with zero attached hydrogens (tertiary/aromatic N) is 5. The van der Waals surface area contributed by atoms with Crippen molar-refractivity contribution >= 4 is 24.0 Å². The first-order chi connectivity index (χ1) is 13.9. The molecule has 0 aliphatic carbocycles. The van der Waals surface area contributed by atoms with Gasteiger partial charge in [-0.1, -0.05) is 22.4 Å². The number of aromatic nitrogens is 4. The number of carbonyl (C=O) groups is 2. The summed E-state index contributed by atoms with van der Waals surface area (Å²) in [5, 5.41) is 12.5. The van der Waals surface area contributed by atoms with E-state index >= 15 is 0 Å². The summed E-state index contributed by atoms with van der Waals surface area (Å²) in [7, 11) is 3.00. The van der Waals surface area contributed by atoms with E-state index in [-0.39, 0.29) is 24.5 Å². The Morgan fingerprint density at radius 1 is 1.10 bits per heavy atom. The monoisotopic (exact) mass is 420 g/mol. The van der Waals surface area contributed by atoms with Crippen LogP contribution >= 0.6 is 12.2 Å². The first kappa shape index (κ1) is 20.6. The third-order valence-corrected chi connectivity index (χ3v) is 4.48. The van der Waals surface area contributed by atoms with Crippen molar-refractivity contribution in [3.63, 3.8) is 0 Å². The van der Waals surface area contributed by atoms with Gasteiger partial charge in [-0.25, -0.2) is 14.5 Å². The number of amides is 2. The molecule has 3 rings (SSSR count). The van der Waals surface area contributed by atoms with E-state index in [1.165, 1.54) is 24.1 Å². The lowest BCUT2D eigenvalue weighted by atomic mass is 10.2. The highest BCUT2D eigenvalue weighted by molar-refractivity contribution is 7.71. The van der Waals surface area contributed by atoms with Crippen molar-refractivity contribution in [3.8, 4) is 5.69 Å². The van der Waals surface area contributed by atoms with E-state index in [0.717, 1.165) is 11.3 Å². The molecule has 2 heterocycles. The minimum absolute atomic E-state index is 0.0823. The largest absolute Gasteiger partial charge is 0.490 e. The standard InChI is InChI=1S/C17H20N6O5S/c1-4-27-28-10-13(14-15(24)21(2)22(3)16(14)25)26-9-11-5-7-12(8-6-11)23-17(29)18-19-20-23/h5-8H,4,9-10H2,1-3H3,(H,18,20,29). The molecule has 12 heteroatoms. The molecule has 0 bridgehead atoms. The van der Waals surface area contributed by atoms with E-state index in [1.807, 2.05) is 24.3 Å². The number of H-pyrrole nitrogens is 1. The number of carbonyl (C=O) groups excluding carboxylic acids is 2. The van der Waals surface area contributed by atoms with Crippen LogP contribution in [-0.2, 0) is 30.7 Å². The molecule has 154 valence electrons. The number of ether oxygens (including phenoxy) is 1. The minimum Gasteiger partial charge on any atom is -0.490 e. The SMILES string of the molecule is CCOOCC(OCc1ccc(-n2[nH]nnc2=S)cc1)=C1C(=O)N(C)N(C)C1=O. The van der Waals surface area contributed by atoms with Gasteiger partial charge in [-0.15, -0.1) is 0 Å². The van der Waals surface area contributed by atoms with Crippen LogP contribution < -0.4 is 0 Å². The van der Waals surface area contributed by atoms with Crippen LogP contribution in [0.25, 0.3) is 5.69 Å². The molecule has 2 aromatic rings. The van der Waals surface area contributed by atoms with Gasteiger partial charge >= 0.3 is 0 Å². The highest BCUT2D eigenvalue weighted by Gasteiger charge is 2.39. The lowest BCUT2D eigenvalue weighted by molar-refractivity contribution is -0.289. The van der Waals surface area contributed by atoms with E-state index in [9.17, 15) is 9.59 Å². The normalized spacial score (nSPS) is 14.1. The highest BCUT2D eigenvalue weighted by Crippen LogP contribution is 2.22. The maximum Gasteiger partial charge on any atom is 0.281 e. The van der Waals surface area contributed by atoms with Crippen molar-refractivity contribution in [1.82, 2.24) is 30.2 Å². The number of benzene rings is 1. The zero-order valence-electron chi connectivity index (χ0n) is 16.1. The predicted octanol–water partition coefficient (Wildman–Crippen LogP) is 0.909. The summed E-state index contributed by atoms with van der Waals surface area (Å²) < 4.78 is 7.62. The molecule has 1 N–H and O–H groups in total. The third kappa shape index (κ3) is 4.34. The Labute approximate surface area is 171 Å². The van der Waals surface area contributed by atoms with Gasteiger partial charge in [0.25, 0.3) is 11.8 Å². The summed E-state index contributed by atoms with van der Waals surface area (Å²) in [4.78, 5) is 34.8. The van der Waals surface area contributed by atoms with Crippen LogP contribution in [0.2, 0.25) is 0 Å². The topological polar surface area (TPSA) is 115 Å².